The number of hydrogen-bond acceptors (Lipinski definition) is 8. The lowest BCUT2D eigenvalue weighted by atomic mass is 10.0. The van der Waals surface area contributed by atoms with Crippen LogP contribution in [0, 0.1) is 12.7 Å². The van der Waals surface area contributed by atoms with Crippen LogP contribution in [0.3, 0.4) is 0 Å². The molecular formula is C32H28ClF2N7O2. The molecule has 9 nitrogen and oxygen atoms in total. The number of anilines is 1. The van der Waals surface area contributed by atoms with E-state index in [1.807, 2.05) is 29.2 Å². The van der Waals surface area contributed by atoms with Gasteiger partial charge in [0, 0.05) is 60.6 Å². The number of carbonyl (C=O) groups excluding carboxylic acids is 1. The molecule has 0 N–H and O–H groups in total. The third-order valence-electron chi connectivity index (χ3n) is 7.78. The predicted molar refractivity (Wildman–Crippen MR) is 166 cm³/mol. The van der Waals surface area contributed by atoms with Crippen molar-refractivity contribution < 1.29 is 18.3 Å². The first-order valence-electron chi connectivity index (χ1n) is 14.0. The van der Waals surface area contributed by atoms with Crippen molar-refractivity contribution in [3.8, 4) is 17.3 Å². The maximum Gasteiger partial charge on any atom is 0.318 e. The van der Waals surface area contributed by atoms with Gasteiger partial charge in [-0.2, -0.15) is 9.97 Å². The molecule has 1 fully saturated rings. The highest BCUT2D eigenvalue weighted by Gasteiger charge is 2.30. The van der Waals surface area contributed by atoms with Gasteiger partial charge in [-0.05, 0) is 37.3 Å². The summed E-state index contributed by atoms with van der Waals surface area (Å²) in [4.78, 5) is 37.9. The Labute approximate surface area is 257 Å². The molecule has 3 aromatic heterocycles. The fraction of sp³-hybridized carbons (Fsp3) is 0.250. The zero-order valence-electron chi connectivity index (χ0n) is 24.3. The van der Waals surface area contributed by atoms with Crippen LogP contribution in [0.2, 0.25) is 5.02 Å². The van der Waals surface area contributed by atoms with Gasteiger partial charge in [0.1, 0.15) is 22.9 Å². The van der Waals surface area contributed by atoms with E-state index in [0.29, 0.717) is 58.1 Å². The Balaban J connectivity index is 1.34. The summed E-state index contributed by atoms with van der Waals surface area (Å²) in [7, 11) is 3.21. The smallest absolute Gasteiger partial charge is 0.318 e. The number of ether oxygens (including phenoxy) is 1. The third-order valence-corrected chi connectivity index (χ3v) is 8.09. The summed E-state index contributed by atoms with van der Waals surface area (Å²) in [5.41, 5.74) is 0.980. The number of methoxy groups -OCH3 is 1. The topological polar surface area (TPSA) is 97.2 Å². The number of benzene rings is 2. The first kappa shape index (κ1) is 29.3. The zero-order valence-corrected chi connectivity index (χ0v) is 25.0. The second-order valence-corrected chi connectivity index (χ2v) is 10.9. The summed E-state index contributed by atoms with van der Waals surface area (Å²) in [6.45, 7) is 2.32. The minimum Gasteiger partial charge on any atom is -0.467 e. The molecule has 1 aliphatic rings. The van der Waals surface area contributed by atoms with E-state index in [2.05, 4.69) is 24.9 Å². The van der Waals surface area contributed by atoms with Crippen LogP contribution >= 0.6 is 11.6 Å². The van der Waals surface area contributed by atoms with Gasteiger partial charge in [-0.3, -0.25) is 9.78 Å². The van der Waals surface area contributed by atoms with E-state index in [1.54, 1.807) is 26.1 Å². The number of piperidine rings is 1. The standard InChI is InChI=1S/C32H28ClF2N7O2/c1-18-36-13-12-20(38-18)15-25(34)31(43)42-14-6-9-21(17-42)41(2)30-23-16-37-28(27(35)29(23)39-32(40-30)44-3)22-10-4-7-19-8-5-11-24(33)26(19)22/h4-5,7-8,10-13,15-16,21H,6,9,14,17H2,1-3H3/b25-15-. The fourth-order valence-corrected chi connectivity index (χ4v) is 5.87. The van der Waals surface area contributed by atoms with E-state index in [4.69, 9.17) is 16.3 Å². The minimum atomic E-state index is -0.909. The second-order valence-electron chi connectivity index (χ2n) is 10.5. The highest BCUT2D eigenvalue weighted by atomic mass is 35.5. The molecule has 44 heavy (non-hydrogen) atoms. The highest BCUT2D eigenvalue weighted by molar-refractivity contribution is 6.36. The van der Waals surface area contributed by atoms with E-state index in [-0.39, 0.29) is 29.8 Å². The fourth-order valence-electron chi connectivity index (χ4n) is 5.59. The molecule has 1 unspecified atom stereocenters. The van der Waals surface area contributed by atoms with Gasteiger partial charge in [-0.25, -0.2) is 18.7 Å². The number of carbonyl (C=O) groups is 1. The first-order chi connectivity index (χ1) is 21.2. The number of pyridine rings is 1. The summed E-state index contributed by atoms with van der Waals surface area (Å²) in [5, 5.41) is 2.39. The van der Waals surface area contributed by atoms with E-state index in [9.17, 15) is 4.79 Å². The van der Waals surface area contributed by atoms with Gasteiger partial charge in [0.25, 0.3) is 5.91 Å². The number of fused-ring (bicyclic) bond motifs is 2. The molecule has 5 aromatic rings. The lowest BCUT2D eigenvalue weighted by Crippen LogP contribution is -2.49. The van der Waals surface area contributed by atoms with Crippen LogP contribution in [-0.2, 0) is 4.79 Å². The number of likely N-dealkylation sites (tertiary alicyclic amines) is 1. The predicted octanol–water partition coefficient (Wildman–Crippen LogP) is 6.18. The molecule has 0 aliphatic carbocycles. The van der Waals surface area contributed by atoms with Crippen molar-refractivity contribution >= 4 is 51.1 Å². The molecule has 0 saturated carbocycles. The lowest BCUT2D eigenvalue weighted by molar-refractivity contribution is -0.129. The maximum atomic E-state index is 16.3. The van der Waals surface area contributed by atoms with Gasteiger partial charge in [0.2, 0.25) is 0 Å². The van der Waals surface area contributed by atoms with Crippen molar-refractivity contribution in [3.63, 3.8) is 0 Å². The molecule has 0 bridgehead atoms. The molecule has 0 radical (unpaired) electrons. The van der Waals surface area contributed by atoms with E-state index in [0.717, 1.165) is 11.5 Å². The quantitative estimate of drug-likeness (QED) is 0.209. The summed E-state index contributed by atoms with van der Waals surface area (Å²) >= 11 is 6.52. The molecule has 1 amide bonds. The van der Waals surface area contributed by atoms with Gasteiger partial charge >= 0.3 is 6.01 Å². The Morgan fingerprint density at radius 1 is 1.14 bits per heavy atom. The van der Waals surface area contributed by atoms with Crippen LogP contribution in [0.25, 0.3) is 39.0 Å². The number of halogens is 3. The normalized spacial score (nSPS) is 15.5. The molecule has 2 aromatic carbocycles. The van der Waals surface area contributed by atoms with Crippen LogP contribution in [0.15, 0.2) is 60.7 Å². The van der Waals surface area contributed by atoms with Crippen LogP contribution in [-0.4, -0.2) is 69.0 Å². The van der Waals surface area contributed by atoms with Crippen molar-refractivity contribution in [1.82, 2.24) is 29.8 Å². The maximum absolute atomic E-state index is 16.3. The Hall–Kier alpha value is -4.77. The second kappa shape index (κ2) is 12.1. The summed E-state index contributed by atoms with van der Waals surface area (Å²) in [5.74, 6) is -1.42. The lowest BCUT2D eigenvalue weighted by Gasteiger charge is -2.38. The first-order valence-corrected chi connectivity index (χ1v) is 14.4. The number of likely N-dealkylation sites (N-methyl/N-ethyl adjacent to an activating group) is 1. The number of amides is 1. The van der Waals surface area contributed by atoms with E-state index >= 15 is 8.78 Å². The molecule has 6 rings (SSSR count). The van der Waals surface area contributed by atoms with Crippen LogP contribution in [0.1, 0.15) is 24.4 Å². The van der Waals surface area contributed by atoms with Gasteiger partial charge < -0.3 is 14.5 Å². The number of aromatic nitrogens is 5. The Bertz CT molecular complexity index is 1930. The Morgan fingerprint density at radius 3 is 2.70 bits per heavy atom. The van der Waals surface area contributed by atoms with Crippen molar-refractivity contribution in [1.29, 1.82) is 0 Å². The SMILES string of the molecule is COc1nc(N(C)C2CCCN(C(=O)/C(F)=C/c3ccnc(C)n3)C2)c2cnc(-c3cccc4cccc(Cl)c34)c(F)c2n1. The van der Waals surface area contributed by atoms with Gasteiger partial charge in [-0.15, -0.1) is 0 Å². The van der Waals surface area contributed by atoms with Crippen molar-refractivity contribution in [2.45, 2.75) is 25.8 Å². The van der Waals surface area contributed by atoms with Gasteiger partial charge in [0.05, 0.1) is 18.2 Å². The van der Waals surface area contributed by atoms with Crippen LogP contribution < -0.4 is 9.64 Å². The zero-order chi connectivity index (χ0) is 31.0. The van der Waals surface area contributed by atoms with Gasteiger partial charge in [0.15, 0.2) is 11.6 Å². The van der Waals surface area contributed by atoms with Crippen molar-refractivity contribution in [2.24, 2.45) is 0 Å². The van der Waals surface area contributed by atoms with Crippen LogP contribution in [0.5, 0.6) is 6.01 Å². The number of nitrogens with zero attached hydrogens (tertiary/aromatic N) is 7. The molecular weight excluding hydrogens is 588 g/mol. The minimum absolute atomic E-state index is 0.0239. The highest BCUT2D eigenvalue weighted by Crippen LogP contribution is 2.37. The molecule has 1 saturated heterocycles. The van der Waals surface area contributed by atoms with Gasteiger partial charge in [-0.1, -0.05) is 41.9 Å². The van der Waals surface area contributed by atoms with Crippen molar-refractivity contribution in [3.05, 3.63) is 83.0 Å². The summed E-state index contributed by atoms with van der Waals surface area (Å²) in [6, 6.07) is 12.2. The number of hydrogen-bond donors (Lipinski definition) is 0. The average Bonchev–Trinajstić information content (AvgIpc) is 3.04. The monoisotopic (exact) mass is 615 g/mol. The Kier molecular flexibility index (Phi) is 8.05. The molecule has 4 heterocycles. The summed E-state index contributed by atoms with van der Waals surface area (Å²) < 4.78 is 36.7. The molecule has 1 aliphatic heterocycles. The Morgan fingerprint density at radius 2 is 1.93 bits per heavy atom. The number of aryl methyl sites for hydroxylation is 1. The molecule has 0 spiro atoms. The van der Waals surface area contributed by atoms with Crippen molar-refractivity contribution in [2.75, 3.05) is 32.1 Å². The largest absolute Gasteiger partial charge is 0.467 e. The number of rotatable bonds is 6. The van der Waals surface area contributed by atoms with E-state index < -0.39 is 17.6 Å². The third kappa shape index (κ3) is 5.50. The summed E-state index contributed by atoms with van der Waals surface area (Å²) in [6.07, 6.45) is 5.50. The van der Waals surface area contributed by atoms with E-state index in [1.165, 1.54) is 30.5 Å². The molecule has 12 heteroatoms. The molecule has 224 valence electrons. The van der Waals surface area contributed by atoms with Crippen LogP contribution in [0.4, 0.5) is 14.6 Å². The molecule has 1 atom stereocenters. The average molecular weight is 616 g/mol.